The van der Waals surface area contributed by atoms with Gasteiger partial charge in [0, 0.05) is 19.0 Å². The molecule has 7 heteroatoms. The summed E-state index contributed by atoms with van der Waals surface area (Å²) in [6.07, 6.45) is -0.728. The molecular formula is C13H16FN3OS2. The lowest BCUT2D eigenvalue weighted by Crippen LogP contribution is -2.07. The number of nitrogens with zero attached hydrogens (tertiary/aromatic N) is 3. The summed E-state index contributed by atoms with van der Waals surface area (Å²) in [7, 11) is 3.80. The van der Waals surface area contributed by atoms with E-state index in [0.717, 1.165) is 14.4 Å². The number of benzene rings is 1. The van der Waals surface area contributed by atoms with Gasteiger partial charge in [-0.05, 0) is 37.1 Å². The Labute approximate surface area is 125 Å². The number of aromatic nitrogens is 2. The third-order valence-corrected chi connectivity index (χ3v) is 4.93. The maximum Gasteiger partial charge on any atom is 0.208 e. The molecule has 0 bridgehead atoms. The standard InChI is InChI=1S/C13H16FN3OS2/c1-7-5-11(9(8(2)18)6-10(7)14)19-13-16-15-12(20-13)17(3)4/h5-6,8,18H,1-4H3/t8-/m0/s1. The van der Waals surface area contributed by atoms with Crippen LogP contribution in [0.15, 0.2) is 21.4 Å². The maximum atomic E-state index is 13.6. The zero-order valence-corrected chi connectivity index (χ0v) is 13.3. The van der Waals surface area contributed by atoms with Crippen molar-refractivity contribution in [3.05, 3.63) is 29.1 Å². The minimum Gasteiger partial charge on any atom is -0.389 e. The average molecular weight is 313 g/mol. The zero-order chi connectivity index (χ0) is 14.9. The Hall–Kier alpha value is -1.18. The molecule has 0 saturated carbocycles. The molecule has 0 radical (unpaired) electrons. The number of aliphatic hydroxyl groups is 1. The molecule has 0 amide bonds. The van der Waals surface area contributed by atoms with Crippen LogP contribution in [0.2, 0.25) is 0 Å². The van der Waals surface area contributed by atoms with Gasteiger partial charge in [-0.1, -0.05) is 23.1 Å². The lowest BCUT2D eigenvalue weighted by atomic mass is 10.1. The van der Waals surface area contributed by atoms with Crippen LogP contribution in [0.1, 0.15) is 24.2 Å². The van der Waals surface area contributed by atoms with E-state index in [9.17, 15) is 9.50 Å². The van der Waals surface area contributed by atoms with Gasteiger partial charge >= 0.3 is 0 Å². The average Bonchev–Trinajstić information content (AvgIpc) is 2.82. The second-order valence-electron chi connectivity index (χ2n) is 4.66. The van der Waals surface area contributed by atoms with E-state index in [2.05, 4.69) is 10.2 Å². The normalized spacial score (nSPS) is 12.5. The maximum absolute atomic E-state index is 13.6. The highest BCUT2D eigenvalue weighted by molar-refractivity contribution is 8.01. The minimum atomic E-state index is -0.728. The summed E-state index contributed by atoms with van der Waals surface area (Å²) in [6.45, 7) is 3.33. The van der Waals surface area contributed by atoms with Gasteiger partial charge in [0.25, 0.3) is 0 Å². The predicted octanol–water partition coefficient (Wildman–Crippen LogP) is 3.26. The number of hydrogen-bond acceptors (Lipinski definition) is 6. The zero-order valence-electron chi connectivity index (χ0n) is 11.7. The Kier molecular flexibility index (Phi) is 4.62. The van der Waals surface area contributed by atoms with Crippen LogP contribution in [-0.2, 0) is 0 Å². The van der Waals surface area contributed by atoms with Crippen LogP contribution in [-0.4, -0.2) is 29.4 Å². The van der Waals surface area contributed by atoms with Crippen molar-refractivity contribution < 1.29 is 9.50 Å². The third kappa shape index (κ3) is 3.28. The molecule has 108 valence electrons. The molecule has 1 aromatic carbocycles. The number of hydrogen-bond donors (Lipinski definition) is 1. The summed E-state index contributed by atoms with van der Waals surface area (Å²) >= 11 is 2.85. The second-order valence-corrected chi connectivity index (χ2v) is 6.91. The third-order valence-electron chi connectivity index (χ3n) is 2.72. The molecule has 0 spiro atoms. The van der Waals surface area contributed by atoms with Gasteiger partial charge in [0.05, 0.1) is 6.10 Å². The quantitative estimate of drug-likeness (QED) is 0.939. The first kappa shape index (κ1) is 15.2. The molecule has 1 atom stereocenters. The van der Waals surface area contributed by atoms with E-state index in [-0.39, 0.29) is 5.82 Å². The van der Waals surface area contributed by atoms with Crippen LogP contribution >= 0.6 is 23.1 Å². The lowest BCUT2D eigenvalue weighted by molar-refractivity contribution is 0.196. The molecule has 1 N–H and O–H groups in total. The highest BCUT2D eigenvalue weighted by atomic mass is 32.2. The Morgan fingerprint density at radius 1 is 1.35 bits per heavy atom. The van der Waals surface area contributed by atoms with Crippen molar-refractivity contribution in [1.82, 2.24) is 10.2 Å². The largest absolute Gasteiger partial charge is 0.389 e. The molecule has 0 aliphatic rings. The van der Waals surface area contributed by atoms with Crippen molar-refractivity contribution in [1.29, 1.82) is 0 Å². The number of aryl methyl sites for hydroxylation is 1. The Morgan fingerprint density at radius 2 is 2.05 bits per heavy atom. The van der Waals surface area contributed by atoms with E-state index in [1.54, 1.807) is 19.9 Å². The molecule has 0 aliphatic carbocycles. The van der Waals surface area contributed by atoms with Crippen molar-refractivity contribution >= 4 is 28.2 Å². The Balaban J connectivity index is 2.34. The summed E-state index contributed by atoms with van der Waals surface area (Å²) < 4.78 is 14.4. The van der Waals surface area contributed by atoms with Gasteiger partial charge in [-0.2, -0.15) is 0 Å². The van der Waals surface area contributed by atoms with E-state index < -0.39 is 6.10 Å². The van der Waals surface area contributed by atoms with Crippen molar-refractivity contribution in [2.45, 2.75) is 29.2 Å². The van der Waals surface area contributed by atoms with Crippen molar-refractivity contribution in [2.75, 3.05) is 19.0 Å². The monoisotopic (exact) mass is 313 g/mol. The molecule has 0 aliphatic heterocycles. The van der Waals surface area contributed by atoms with Gasteiger partial charge in [0.2, 0.25) is 5.13 Å². The fraction of sp³-hybridized carbons (Fsp3) is 0.385. The van der Waals surface area contributed by atoms with Gasteiger partial charge in [-0.25, -0.2) is 4.39 Å². The van der Waals surface area contributed by atoms with E-state index in [0.29, 0.717) is 11.1 Å². The number of anilines is 1. The first-order valence-corrected chi connectivity index (χ1v) is 7.68. The highest BCUT2D eigenvalue weighted by Crippen LogP contribution is 2.37. The van der Waals surface area contributed by atoms with E-state index in [1.807, 2.05) is 19.0 Å². The van der Waals surface area contributed by atoms with Gasteiger partial charge in [-0.3, -0.25) is 0 Å². The summed E-state index contributed by atoms with van der Waals surface area (Å²) in [6, 6.07) is 3.12. The van der Waals surface area contributed by atoms with Crippen molar-refractivity contribution in [2.24, 2.45) is 0 Å². The molecule has 2 rings (SSSR count). The number of halogens is 1. The molecule has 1 heterocycles. The van der Waals surface area contributed by atoms with Crippen LogP contribution in [0.25, 0.3) is 0 Å². The molecule has 4 nitrogen and oxygen atoms in total. The van der Waals surface area contributed by atoms with Crippen LogP contribution in [0.3, 0.4) is 0 Å². The molecule has 0 saturated heterocycles. The fourth-order valence-corrected chi connectivity index (χ4v) is 3.62. The Bertz CT molecular complexity index is 614. The Morgan fingerprint density at radius 3 is 2.60 bits per heavy atom. The SMILES string of the molecule is Cc1cc(Sc2nnc(N(C)C)s2)c([C@H](C)O)cc1F. The first-order chi connectivity index (χ1) is 9.38. The second kappa shape index (κ2) is 6.07. The number of aliphatic hydroxyl groups excluding tert-OH is 1. The summed E-state index contributed by atoms with van der Waals surface area (Å²) in [4.78, 5) is 2.69. The van der Waals surface area contributed by atoms with Crippen LogP contribution in [0.4, 0.5) is 9.52 Å². The lowest BCUT2D eigenvalue weighted by Gasteiger charge is -2.12. The van der Waals surface area contributed by atoms with E-state index >= 15 is 0 Å². The van der Waals surface area contributed by atoms with Gasteiger partial charge in [0.1, 0.15) is 5.82 Å². The number of rotatable bonds is 4. The van der Waals surface area contributed by atoms with E-state index in [1.165, 1.54) is 29.2 Å². The van der Waals surface area contributed by atoms with Crippen molar-refractivity contribution in [3.8, 4) is 0 Å². The fourth-order valence-electron chi connectivity index (χ4n) is 1.60. The summed E-state index contributed by atoms with van der Waals surface area (Å²) in [5.74, 6) is -0.309. The molecule has 20 heavy (non-hydrogen) atoms. The van der Waals surface area contributed by atoms with Crippen molar-refractivity contribution in [3.63, 3.8) is 0 Å². The van der Waals surface area contributed by atoms with E-state index in [4.69, 9.17) is 0 Å². The van der Waals surface area contributed by atoms with Gasteiger partial charge in [-0.15, -0.1) is 10.2 Å². The van der Waals surface area contributed by atoms with Crippen LogP contribution in [0, 0.1) is 12.7 Å². The topological polar surface area (TPSA) is 49.2 Å². The molecule has 1 aromatic heterocycles. The van der Waals surface area contributed by atoms with Gasteiger partial charge < -0.3 is 10.0 Å². The minimum absolute atomic E-state index is 0.309. The van der Waals surface area contributed by atoms with Crippen LogP contribution < -0.4 is 4.90 Å². The predicted molar refractivity (Wildman–Crippen MR) is 80.1 cm³/mol. The van der Waals surface area contributed by atoms with Crippen LogP contribution in [0.5, 0.6) is 0 Å². The smallest absolute Gasteiger partial charge is 0.208 e. The molecule has 0 fully saturated rings. The highest BCUT2D eigenvalue weighted by Gasteiger charge is 2.15. The van der Waals surface area contributed by atoms with Gasteiger partial charge in [0.15, 0.2) is 4.34 Å². The summed E-state index contributed by atoms with van der Waals surface area (Å²) in [5, 5.41) is 18.7. The first-order valence-electron chi connectivity index (χ1n) is 6.05. The molecular weight excluding hydrogens is 297 g/mol. The molecule has 0 unspecified atom stereocenters. The molecule has 2 aromatic rings. The summed E-state index contributed by atoms with van der Waals surface area (Å²) in [5.41, 5.74) is 1.12.